The summed E-state index contributed by atoms with van der Waals surface area (Å²) in [6.45, 7) is 7.30. The van der Waals surface area contributed by atoms with Crippen LogP contribution in [-0.2, 0) is 0 Å². The van der Waals surface area contributed by atoms with Gasteiger partial charge in [-0.15, -0.1) is 0 Å². The third-order valence-electron chi connectivity index (χ3n) is 6.22. The first-order valence-corrected chi connectivity index (χ1v) is 11.7. The zero-order chi connectivity index (χ0) is 24.7. The quantitative estimate of drug-likeness (QED) is 0.482. The number of aliphatic hydroxyl groups is 1. The average molecular weight is 490 g/mol. The number of nitrogens with zero attached hydrogens (tertiary/aromatic N) is 3. The highest BCUT2D eigenvalue weighted by atomic mass is 35.5. The molecule has 4 N–H and O–H groups in total. The number of rotatable bonds is 6. The van der Waals surface area contributed by atoms with Crippen LogP contribution in [-0.4, -0.2) is 43.6 Å². The minimum atomic E-state index is -0.865. The number of carbonyl (C=O) groups is 1. The van der Waals surface area contributed by atoms with Gasteiger partial charge in [0.15, 0.2) is 5.82 Å². The molecule has 182 valence electrons. The van der Waals surface area contributed by atoms with E-state index < -0.39 is 29.8 Å². The Kier molecular flexibility index (Phi) is 6.69. The zero-order valence-electron chi connectivity index (χ0n) is 19.6. The number of nitrogens with two attached hydrogens (primary N) is 1. The van der Waals surface area contributed by atoms with E-state index in [9.17, 15) is 9.90 Å². The molecule has 0 spiro atoms. The second-order valence-corrected chi connectivity index (χ2v) is 9.43. The van der Waals surface area contributed by atoms with Gasteiger partial charge in [-0.3, -0.25) is 9.20 Å². The maximum atomic E-state index is 15.3. The standard InChI is InChI=1S/C24H29ClFN5O3/c1-11(2)34-21-14(12(3)23-29-13(4)20-22(27)28-8-9-31(20)23)10-15(25)19(26)18(21)24(33)30-16-6-5-7-17(16)32/h8-12,16-17,32H,5-7H2,1-4H3,(H2,27,28)(H,30,33)/t12?,16-,17+/m1/s1. The number of anilines is 1. The van der Waals surface area contributed by atoms with Crippen LogP contribution >= 0.6 is 11.6 Å². The van der Waals surface area contributed by atoms with E-state index >= 15 is 4.39 Å². The van der Waals surface area contributed by atoms with Gasteiger partial charge in [0.25, 0.3) is 5.91 Å². The lowest BCUT2D eigenvalue weighted by atomic mass is 9.95. The summed E-state index contributed by atoms with van der Waals surface area (Å²) in [6.07, 6.45) is 4.31. The third-order valence-corrected chi connectivity index (χ3v) is 6.49. The number of aryl methyl sites for hydroxylation is 1. The van der Waals surface area contributed by atoms with Gasteiger partial charge >= 0.3 is 0 Å². The molecule has 1 unspecified atom stereocenters. The first kappa shape index (κ1) is 24.2. The summed E-state index contributed by atoms with van der Waals surface area (Å²) in [7, 11) is 0. The summed E-state index contributed by atoms with van der Waals surface area (Å²) in [6, 6.07) is 1.02. The van der Waals surface area contributed by atoms with Crippen molar-refractivity contribution in [2.45, 2.75) is 71.1 Å². The molecule has 1 saturated carbocycles. The fraction of sp³-hybridized carbons (Fsp3) is 0.458. The number of ether oxygens (including phenoxy) is 1. The maximum absolute atomic E-state index is 15.3. The number of aromatic nitrogens is 3. The van der Waals surface area contributed by atoms with Crippen molar-refractivity contribution in [2.75, 3.05) is 5.73 Å². The highest BCUT2D eigenvalue weighted by Crippen LogP contribution is 2.40. The monoisotopic (exact) mass is 489 g/mol. The van der Waals surface area contributed by atoms with Gasteiger partial charge in [-0.2, -0.15) is 0 Å². The van der Waals surface area contributed by atoms with Crippen LogP contribution in [0.25, 0.3) is 5.52 Å². The molecule has 1 amide bonds. The molecule has 34 heavy (non-hydrogen) atoms. The summed E-state index contributed by atoms with van der Waals surface area (Å²) in [5.74, 6) is -0.903. The van der Waals surface area contributed by atoms with Gasteiger partial charge < -0.3 is 20.9 Å². The fourth-order valence-electron chi connectivity index (χ4n) is 4.58. The van der Waals surface area contributed by atoms with E-state index in [1.165, 1.54) is 6.07 Å². The third kappa shape index (κ3) is 4.30. The van der Waals surface area contributed by atoms with Crippen molar-refractivity contribution in [2.24, 2.45) is 0 Å². The summed E-state index contributed by atoms with van der Waals surface area (Å²) in [5.41, 5.74) is 7.67. The van der Waals surface area contributed by atoms with Crippen molar-refractivity contribution < 1.29 is 19.0 Å². The van der Waals surface area contributed by atoms with Crippen molar-refractivity contribution in [3.8, 4) is 5.75 Å². The Morgan fingerprint density at radius 3 is 2.76 bits per heavy atom. The number of halogens is 2. The van der Waals surface area contributed by atoms with Gasteiger partial charge in [0, 0.05) is 23.9 Å². The number of aliphatic hydroxyl groups excluding tert-OH is 1. The van der Waals surface area contributed by atoms with E-state index in [1.807, 2.05) is 18.2 Å². The van der Waals surface area contributed by atoms with E-state index in [0.29, 0.717) is 41.3 Å². The molecule has 4 rings (SSSR count). The van der Waals surface area contributed by atoms with E-state index in [2.05, 4.69) is 15.3 Å². The number of carbonyl (C=O) groups excluding carboxylic acids is 1. The SMILES string of the molecule is Cc1nc(C(C)c2cc(Cl)c(F)c(C(=O)N[C@@H]3CCC[C@@H]3O)c2OC(C)C)n2ccnc(N)c12. The number of nitrogens with one attached hydrogen (secondary N) is 1. The Balaban J connectivity index is 1.86. The van der Waals surface area contributed by atoms with Gasteiger partial charge in [0.05, 0.1) is 29.0 Å². The van der Waals surface area contributed by atoms with E-state index in [0.717, 1.165) is 6.42 Å². The number of hydrogen-bond acceptors (Lipinski definition) is 6. The minimum Gasteiger partial charge on any atom is -0.490 e. The largest absolute Gasteiger partial charge is 0.490 e. The number of amides is 1. The molecule has 3 atom stereocenters. The smallest absolute Gasteiger partial charge is 0.258 e. The van der Waals surface area contributed by atoms with Crippen molar-refractivity contribution in [1.29, 1.82) is 0 Å². The van der Waals surface area contributed by atoms with Crippen LogP contribution in [0.5, 0.6) is 5.75 Å². The second-order valence-electron chi connectivity index (χ2n) is 9.02. The van der Waals surface area contributed by atoms with Crippen LogP contribution < -0.4 is 15.8 Å². The van der Waals surface area contributed by atoms with E-state index in [1.54, 1.807) is 26.2 Å². The molecule has 0 saturated heterocycles. The highest BCUT2D eigenvalue weighted by molar-refractivity contribution is 6.31. The molecule has 2 aromatic heterocycles. The molecule has 0 radical (unpaired) electrons. The topological polar surface area (TPSA) is 115 Å². The maximum Gasteiger partial charge on any atom is 0.258 e. The Morgan fingerprint density at radius 2 is 2.12 bits per heavy atom. The molecule has 1 aliphatic carbocycles. The van der Waals surface area contributed by atoms with Crippen LogP contribution in [0.15, 0.2) is 18.5 Å². The summed E-state index contributed by atoms with van der Waals surface area (Å²) in [4.78, 5) is 22.1. The van der Waals surface area contributed by atoms with Crippen molar-refractivity contribution in [3.63, 3.8) is 0 Å². The number of imidazole rings is 1. The molecule has 1 fully saturated rings. The second kappa shape index (κ2) is 9.38. The summed E-state index contributed by atoms with van der Waals surface area (Å²) < 4.78 is 23.1. The Bertz CT molecular complexity index is 1250. The average Bonchev–Trinajstić information content (AvgIpc) is 3.33. The molecular formula is C24H29ClFN5O3. The lowest BCUT2D eigenvalue weighted by molar-refractivity contribution is 0.0863. The summed E-state index contributed by atoms with van der Waals surface area (Å²) in [5, 5.41) is 12.7. The Hall–Kier alpha value is -2.91. The first-order valence-electron chi connectivity index (χ1n) is 11.4. The molecule has 1 aliphatic rings. The number of nitrogen functional groups attached to an aromatic ring is 1. The number of benzene rings is 1. The lowest BCUT2D eigenvalue weighted by Crippen LogP contribution is -2.40. The van der Waals surface area contributed by atoms with Crippen molar-refractivity contribution >= 4 is 28.8 Å². The molecule has 2 heterocycles. The van der Waals surface area contributed by atoms with Gasteiger partial charge in [-0.05, 0) is 46.1 Å². The molecule has 0 bridgehead atoms. The van der Waals surface area contributed by atoms with Crippen LogP contribution in [0.2, 0.25) is 5.02 Å². The number of fused-ring (bicyclic) bond motifs is 1. The van der Waals surface area contributed by atoms with Crippen molar-refractivity contribution in [1.82, 2.24) is 19.7 Å². The fourth-order valence-corrected chi connectivity index (χ4v) is 4.79. The van der Waals surface area contributed by atoms with Gasteiger partial charge in [-0.25, -0.2) is 14.4 Å². The Morgan fingerprint density at radius 1 is 1.38 bits per heavy atom. The highest BCUT2D eigenvalue weighted by Gasteiger charge is 2.33. The molecule has 3 aromatic rings. The van der Waals surface area contributed by atoms with Crippen LogP contribution in [0.4, 0.5) is 10.2 Å². The van der Waals surface area contributed by atoms with Crippen molar-refractivity contribution in [3.05, 3.63) is 51.9 Å². The van der Waals surface area contributed by atoms with Crippen LogP contribution in [0, 0.1) is 12.7 Å². The minimum absolute atomic E-state index is 0.103. The molecule has 0 aliphatic heterocycles. The van der Waals surface area contributed by atoms with E-state index in [4.69, 9.17) is 22.1 Å². The van der Waals surface area contributed by atoms with Crippen LogP contribution in [0.3, 0.4) is 0 Å². The zero-order valence-corrected chi connectivity index (χ0v) is 20.4. The molecule has 1 aromatic carbocycles. The first-order chi connectivity index (χ1) is 16.1. The van der Waals surface area contributed by atoms with Gasteiger partial charge in [0.1, 0.15) is 28.5 Å². The predicted octanol–water partition coefficient (Wildman–Crippen LogP) is 3.99. The molecule has 8 nitrogen and oxygen atoms in total. The molecular weight excluding hydrogens is 461 g/mol. The van der Waals surface area contributed by atoms with Gasteiger partial charge in [0.2, 0.25) is 0 Å². The van der Waals surface area contributed by atoms with Gasteiger partial charge in [-0.1, -0.05) is 18.5 Å². The Labute approximate surface area is 202 Å². The lowest BCUT2D eigenvalue weighted by Gasteiger charge is -2.24. The molecule has 10 heteroatoms. The summed E-state index contributed by atoms with van der Waals surface area (Å²) >= 11 is 6.28. The normalized spacial score (nSPS) is 19.1. The van der Waals surface area contributed by atoms with E-state index in [-0.39, 0.29) is 22.4 Å². The number of hydrogen-bond donors (Lipinski definition) is 3. The predicted molar refractivity (Wildman–Crippen MR) is 128 cm³/mol. The van der Waals surface area contributed by atoms with Crippen LogP contribution in [0.1, 0.15) is 73.4 Å².